The minimum atomic E-state index is -0.266. The molecule has 6 heteroatoms. The fourth-order valence-corrected chi connectivity index (χ4v) is 2.80. The van der Waals surface area contributed by atoms with Gasteiger partial charge in [-0.3, -0.25) is 4.79 Å². The van der Waals surface area contributed by atoms with Crippen LogP contribution in [0.5, 0.6) is 0 Å². The van der Waals surface area contributed by atoms with Gasteiger partial charge in [-0.2, -0.15) is 0 Å². The van der Waals surface area contributed by atoms with Gasteiger partial charge in [0.1, 0.15) is 11.9 Å². The lowest BCUT2D eigenvalue weighted by atomic mass is 10.0. The number of nitrogens with one attached hydrogen (secondary N) is 4. The predicted molar refractivity (Wildman–Crippen MR) is 82.4 cm³/mol. The Labute approximate surface area is 129 Å². The molecule has 22 heavy (non-hydrogen) atoms. The molecular formula is C16H21FN4O. The van der Waals surface area contributed by atoms with E-state index >= 15 is 0 Å². The van der Waals surface area contributed by atoms with Crippen LogP contribution in [0.2, 0.25) is 0 Å². The summed E-state index contributed by atoms with van der Waals surface area (Å²) in [6.07, 6.45) is 3.76. The first-order valence-corrected chi connectivity index (χ1v) is 7.65. The van der Waals surface area contributed by atoms with E-state index in [4.69, 9.17) is 0 Å². The molecular weight excluding hydrogens is 283 g/mol. The van der Waals surface area contributed by atoms with Crippen molar-refractivity contribution in [2.24, 2.45) is 0 Å². The second-order valence-electron chi connectivity index (χ2n) is 5.72. The van der Waals surface area contributed by atoms with Gasteiger partial charge in [0.05, 0.1) is 0 Å². The zero-order valence-electron chi connectivity index (χ0n) is 12.4. The van der Waals surface area contributed by atoms with E-state index in [1.165, 1.54) is 17.7 Å². The summed E-state index contributed by atoms with van der Waals surface area (Å²) in [6, 6.07) is 6.12. The normalized spacial score (nSPS) is 24.9. The maximum absolute atomic E-state index is 12.9. The fraction of sp³-hybridized carbons (Fsp3) is 0.438. The molecule has 1 aromatic rings. The van der Waals surface area contributed by atoms with Crippen molar-refractivity contribution >= 4 is 5.91 Å². The van der Waals surface area contributed by atoms with Gasteiger partial charge in [0, 0.05) is 19.1 Å². The van der Waals surface area contributed by atoms with Gasteiger partial charge in [0.25, 0.3) is 0 Å². The Morgan fingerprint density at radius 1 is 1.27 bits per heavy atom. The summed E-state index contributed by atoms with van der Waals surface area (Å²) in [5.74, 6) is -0.254. The van der Waals surface area contributed by atoms with Crippen molar-refractivity contribution < 1.29 is 9.18 Å². The zero-order valence-corrected chi connectivity index (χ0v) is 12.4. The molecule has 2 heterocycles. The Balaban J connectivity index is 1.50. The summed E-state index contributed by atoms with van der Waals surface area (Å²) in [4.78, 5) is 12.2. The smallest absolute Gasteiger partial charge is 0.238 e. The van der Waals surface area contributed by atoms with E-state index in [1.54, 1.807) is 12.1 Å². The van der Waals surface area contributed by atoms with E-state index in [9.17, 15) is 9.18 Å². The molecule has 0 radical (unpaired) electrons. The highest BCUT2D eigenvalue weighted by atomic mass is 19.1. The van der Waals surface area contributed by atoms with Gasteiger partial charge in [0.2, 0.25) is 5.91 Å². The van der Waals surface area contributed by atoms with E-state index in [-0.39, 0.29) is 23.8 Å². The molecule has 2 aliphatic heterocycles. The van der Waals surface area contributed by atoms with Crippen molar-refractivity contribution in [3.8, 4) is 0 Å². The minimum absolute atomic E-state index is 0.00320. The number of halogens is 1. The van der Waals surface area contributed by atoms with Crippen LogP contribution in [0, 0.1) is 5.82 Å². The lowest BCUT2D eigenvalue weighted by molar-refractivity contribution is -0.122. The standard InChI is InChI=1S/C16H21FN4O/c17-13-3-1-12(2-4-13)14-9-15(21-20-14)16(22)19-10-11-5-7-18-8-6-11/h1-5,14-15,18,20-21H,6-10H2,(H,19,22). The molecule has 1 amide bonds. The van der Waals surface area contributed by atoms with Crippen molar-refractivity contribution in [2.75, 3.05) is 19.6 Å². The van der Waals surface area contributed by atoms with Crippen molar-refractivity contribution in [2.45, 2.75) is 24.9 Å². The molecule has 0 aromatic heterocycles. The number of amides is 1. The Morgan fingerprint density at radius 3 is 2.82 bits per heavy atom. The van der Waals surface area contributed by atoms with E-state index in [2.05, 4.69) is 27.6 Å². The number of hydrazine groups is 1. The number of hydrogen-bond donors (Lipinski definition) is 4. The second-order valence-corrected chi connectivity index (χ2v) is 5.72. The first-order chi connectivity index (χ1) is 10.7. The van der Waals surface area contributed by atoms with Crippen molar-refractivity contribution in [3.05, 3.63) is 47.3 Å². The average Bonchev–Trinajstić information content (AvgIpc) is 3.04. The van der Waals surface area contributed by atoms with Crippen LogP contribution in [0.1, 0.15) is 24.4 Å². The SMILES string of the molecule is O=C(NCC1=CCNCC1)C1CC(c2ccc(F)cc2)NN1. The molecule has 0 spiro atoms. The van der Waals surface area contributed by atoms with Crippen LogP contribution < -0.4 is 21.5 Å². The molecule has 2 aliphatic rings. The predicted octanol–water partition coefficient (Wildman–Crippen LogP) is 0.769. The molecule has 1 saturated heterocycles. The molecule has 0 aliphatic carbocycles. The molecule has 118 valence electrons. The number of benzene rings is 1. The highest BCUT2D eigenvalue weighted by Crippen LogP contribution is 2.22. The van der Waals surface area contributed by atoms with Crippen LogP contribution in [0.15, 0.2) is 35.9 Å². The van der Waals surface area contributed by atoms with Crippen LogP contribution in [0.25, 0.3) is 0 Å². The lowest BCUT2D eigenvalue weighted by Gasteiger charge is -2.16. The molecule has 2 atom stereocenters. The average molecular weight is 304 g/mol. The summed E-state index contributed by atoms with van der Waals surface area (Å²) in [6.45, 7) is 2.46. The first-order valence-electron chi connectivity index (χ1n) is 7.65. The van der Waals surface area contributed by atoms with Gasteiger partial charge in [-0.1, -0.05) is 23.8 Å². The maximum atomic E-state index is 12.9. The summed E-state index contributed by atoms with van der Waals surface area (Å²) in [5.41, 5.74) is 8.37. The second kappa shape index (κ2) is 7.00. The lowest BCUT2D eigenvalue weighted by Crippen LogP contribution is -2.44. The maximum Gasteiger partial charge on any atom is 0.238 e. The number of carbonyl (C=O) groups excluding carboxylic acids is 1. The number of rotatable bonds is 4. The molecule has 0 saturated carbocycles. The van der Waals surface area contributed by atoms with Gasteiger partial charge in [-0.15, -0.1) is 0 Å². The Morgan fingerprint density at radius 2 is 2.09 bits per heavy atom. The van der Waals surface area contributed by atoms with Crippen molar-refractivity contribution in [1.29, 1.82) is 0 Å². The summed E-state index contributed by atoms with van der Waals surface area (Å²) in [5, 5.41) is 6.23. The monoisotopic (exact) mass is 304 g/mol. The van der Waals surface area contributed by atoms with Crippen LogP contribution in [0.3, 0.4) is 0 Å². The molecule has 1 fully saturated rings. The molecule has 3 rings (SSSR count). The fourth-order valence-electron chi connectivity index (χ4n) is 2.80. The van der Waals surface area contributed by atoms with Gasteiger partial charge in [0.15, 0.2) is 0 Å². The van der Waals surface area contributed by atoms with E-state index in [0.717, 1.165) is 25.1 Å². The topological polar surface area (TPSA) is 65.2 Å². The van der Waals surface area contributed by atoms with Gasteiger partial charge >= 0.3 is 0 Å². The van der Waals surface area contributed by atoms with E-state index in [1.807, 2.05) is 0 Å². The highest BCUT2D eigenvalue weighted by Gasteiger charge is 2.29. The van der Waals surface area contributed by atoms with Crippen LogP contribution >= 0.6 is 0 Å². The Bertz CT molecular complexity index is 558. The molecule has 2 unspecified atom stereocenters. The minimum Gasteiger partial charge on any atom is -0.351 e. The third-order valence-electron chi connectivity index (χ3n) is 4.14. The van der Waals surface area contributed by atoms with E-state index < -0.39 is 0 Å². The Hall–Kier alpha value is -1.76. The highest BCUT2D eigenvalue weighted by molar-refractivity contribution is 5.82. The zero-order chi connectivity index (χ0) is 15.4. The van der Waals surface area contributed by atoms with Crippen LogP contribution in [0.4, 0.5) is 4.39 Å². The van der Waals surface area contributed by atoms with Crippen LogP contribution in [-0.2, 0) is 4.79 Å². The summed E-state index contributed by atoms with van der Waals surface area (Å²) in [7, 11) is 0. The number of hydrogen-bond acceptors (Lipinski definition) is 4. The van der Waals surface area contributed by atoms with Gasteiger partial charge in [-0.05, 0) is 37.1 Å². The largest absolute Gasteiger partial charge is 0.351 e. The third-order valence-corrected chi connectivity index (χ3v) is 4.14. The van der Waals surface area contributed by atoms with Crippen molar-refractivity contribution in [1.82, 2.24) is 21.5 Å². The first kappa shape index (κ1) is 15.1. The van der Waals surface area contributed by atoms with Crippen molar-refractivity contribution in [3.63, 3.8) is 0 Å². The third kappa shape index (κ3) is 3.71. The van der Waals surface area contributed by atoms with Crippen LogP contribution in [-0.4, -0.2) is 31.6 Å². The summed E-state index contributed by atoms with van der Waals surface area (Å²) < 4.78 is 12.9. The quantitative estimate of drug-likeness (QED) is 0.621. The molecule has 1 aromatic carbocycles. The van der Waals surface area contributed by atoms with Gasteiger partial charge in [-0.25, -0.2) is 15.2 Å². The number of carbonyl (C=O) groups is 1. The van der Waals surface area contributed by atoms with E-state index in [0.29, 0.717) is 13.0 Å². The molecule has 5 nitrogen and oxygen atoms in total. The van der Waals surface area contributed by atoms with Gasteiger partial charge < -0.3 is 10.6 Å². The molecule has 4 N–H and O–H groups in total. The Kier molecular flexibility index (Phi) is 4.82. The molecule has 0 bridgehead atoms. The summed E-state index contributed by atoms with van der Waals surface area (Å²) >= 11 is 0.